The Bertz CT molecular complexity index is 548. The molecule has 2 heterocycles. The van der Waals surface area contributed by atoms with Crippen molar-refractivity contribution in [3.63, 3.8) is 0 Å². The van der Waals surface area contributed by atoms with Gasteiger partial charge in [-0.15, -0.1) is 0 Å². The van der Waals surface area contributed by atoms with Gasteiger partial charge in [0.1, 0.15) is 5.65 Å². The Morgan fingerprint density at radius 1 is 1.65 bits per heavy atom. The van der Waals surface area contributed by atoms with Gasteiger partial charge >= 0.3 is 5.97 Å². The minimum absolute atomic E-state index is 0.0511. The molecule has 0 saturated carbocycles. The van der Waals surface area contributed by atoms with E-state index >= 15 is 0 Å². The number of aromatic nitrogens is 2. The number of aryl methyl sites for hydroxylation is 1. The van der Waals surface area contributed by atoms with Crippen LogP contribution >= 0.6 is 0 Å². The fraction of sp³-hybridized carbons (Fsp3) is 0.333. The van der Waals surface area contributed by atoms with Crippen molar-refractivity contribution in [1.82, 2.24) is 9.55 Å². The molecule has 2 aromatic heterocycles. The Morgan fingerprint density at radius 3 is 3.12 bits per heavy atom. The lowest BCUT2D eigenvalue weighted by Gasteiger charge is -2.07. The van der Waals surface area contributed by atoms with E-state index in [-0.39, 0.29) is 6.42 Å². The molecule has 1 N–H and O–H groups in total. The number of aliphatic hydroxyl groups excluding tert-OH is 1. The second-order valence-corrected chi connectivity index (χ2v) is 3.87. The first-order chi connectivity index (χ1) is 8.13. The summed E-state index contributed by atoms with van der Waals surface area (Å²) in [6, 6.07) is 3.68. The Hall–Kier alpha value is -1.88. The first-order valence-electron chi connectivity index (χ1n) is 5.28. The molecule has 17 heavy (non-hydrogen) atoms. The van der Waals surface area contributed by atoms with Gasteiger partial charge in [-0.3, -0.25) is 4.79 Å². The lowest BCUT2D eigenvalue weighted by atomic mass is 10.1. The predicted octanol–water partition coefficient (Wildman–Crippen LogP) is 1.17. The highest BCUT2D eigenvalue weighted by molar-refractivity contribution is 5.81. The van der Waals surface area contributed by atoms with Gasteiger partial charge in [-0.1, -0.05) is 0 Å². The molecular weight excluding hydrogens is 220 g/mol. The Kier molecular flexibility index (Phi) is 3.10. The number of pyridine rings is 1. The fourth-order valence-corrected chi connectivity index (χ4v) is 1.86. The molecule has 2 aromatic rings. The van der Waals surface area contributed by atoms with Crippen LogP contribution in [0, 0.1) is 0 Å². The summed E-state index contributed by atoms with van der Waals surface area (Å²) >= 11 is 0. The molecular formula is C12H14N2O3. The molecule has 0 aliphatic rings. The highest BCUT2D eigenvalue weighted by atomic mass is 16.5. The van der Waals surface area contributed by atoms with E-state index in [1.54, 1.807) is 18.5 Å². The lowest BCUT2D eigenvalue weighted by Crippen LogP contribution is -2.07. The number of aliphatic hydroxyl groups is 1. The maximum Gasteiger partial charge on any atom is 0.308 e. The van der Waals surface area contributed by atoms with E-state index in [4.69, 9.17) is 0 Å². The van der Waals surface area contributed by atoms with Crippen LogP contribution in [0.5, 0.6) is 0 Å². The normalized spacial score (nSPS) is 12.6. The highest BCUT2D eigenvalue weighted by Gasteiger charge is 2.18. The predicted molar refractivity (Wildman–Crippen MR) is 62.3 cm³/mol. The SMILES string of the molecule is COC(=O)CC(O)c1cn(C)c2ncccc12. The number of fused-ring (bicyclic) bond motifs is 1. The topological polar surface area (TPSA) is 64.3 Å². The summed E-state index contributed by atoms with van der Waals surface area (Å²) < 4.78 is 6.36. The van der Waals surface area contributed by atoms with Crippen LogP contribution in [0.1, 0.15) is 18.1 Å². The minimum atomic E-state index is -0.865. The zero-order valence-electron chi connectivity index (χ0n) is 9.75. The molecule has 0 amide bonds. The van der Waals surface area contributed by atoms with E-state index in [0.29, 0.717) is 5.56 Å². The second kappa shape index (κ2) is 4.55. The molecule has 1 unspecified atom stereocenters. The van der Waals surface area contributed by atoms with Crippen molar-refractivity contribution < 1.29 is 14.6 Å². The van der Waals surface area contributed by atoms with Gasteiger partial charge in [0.2, 0.25) is 0 Å². The van der Waals surface area contributed by atoms with Crippen LogP contribution in [-0.2, 0) is 16.6 Å². The fourth-order valence-electron chi connectivity index (χ4n) is 1.86. The molecule has 0 aromatic carbocycles. The van der Waals surface area contributed by atoms with Crippen LogP contribution in [0.2, 0.25) is 0 Å². The average molecular weight is 234 g/mol. The zero-order chi connectivity index (χ0) is 12.4. The number of hydrogen-bond acceptors (Lipinski definition) is 4. The quantitative estimate of drug-likeness (QED) is 0.810. The van der Waals surface area contributed by atoms with Gasteiger partial charge in [0, 0.05) is 30.4 Å². The summed E-state index contributed by atoms with van der Waals surface area (Å²) in [4.78, 5) is 15.4. The van der Waals surface area contributed by atoms with Crippen LogP contribution in [0.15, 0.2) is 24.5 Å². The molecule has 0 fully saturated rings. The summed E-state index contributed by atoms with van der Waals surface area (Å²) in [7, 11) is 3.16. The number of methoxy groups -OCH3 is 1. The van der Waals surface area contributed by atoms with Gasteiger partial charge in [-0.05, 0) is 12.1 Å². The van der Waals surface area contributed by atoms with Gasteiger partial charge in [0.15, 0.2) is 0 Å². The summed E-state index contributed by atoms with van der Waals surface area (Å²) in [5, 5.41) is 10.8. The Labute approximate surface area is 98.6 Å². The van der Waals surface area contributed by atoms with E-state index in [1.807, 2.05) is 17.7 Å². The van der Waals surface area contributed by atoms with Crippen molar-refractivity contribution in [1.29, 1.82) is 0 Å². The maximum atomic E-state index is 11.1. The van der Waals surface area contributed by atoms with Crippen molar-refractivity contribution >= 4 is 17.0 Å². The molecule has 0 spiro atoms. The van der Waals surface area contributed by atoms with Gasteiger partial charge < -0.3 is 14.4 Å². The largest absolute Gasteiger partial charge is 0.469 e. The molecule has 0 bridgehead atoms. The third-order valence-electron chi connectivity index (χ3n) is 2.71. The standard InChI is InChI=1S/C12H14N2O3/c1-14-7-9(10(15)6-11(16)17-2)8-4-3-5-13-12(8)14/h3-5,7,10,15H,6H2,1-2H3. The molecule has 5 nitrogen and oxygen atoms in total. The zero-order valence-corrected chi connectivity index (χ0v) is 9.75. The van der Waals surface area contributed by atoms with Crippen molar-refractivity contribution in [3.8, 4) is 0 Å². The van der Waals surface area contributed by atoms with Crippen molar-refractivity contribution in [2.45, 2.75) is 12.5 Å². The molecule has 1 atom stereocenters. The number of esters is 1. The molecule has 5 heteroatoms. The summed E-state index contributed by atoms with van der Waals surface area (Å²) in [5.74, 6) is -0.432. The molecule has 0 radical (unpaired) electrons. The average Bonchev–Trinajstić information content (AvgIpc) is 2.67. The molecule has 90 valence electrons. The van der Waals surface area contributed by atoms with Crippen LogP contribution in [0.3, 0.4) is 0 Å². The summed E-state index contributed by atoms with van der Waals surface area (Å²) in [6.07, 6.45) is 2.56. The summed E-state index contributed by atoms with van der Waals surface area (Å²) in [5.41, 5.74) is 1.48. The van der Waals surface area contributed by atoms with Gasteiger partial charge in [-0.25, -0.2) is 4.98 Å². The Morgan fingerprint density at radius 2 is 2.41 bits per heavy atom. The molecule has 0 aliphatic carbocycles. The highest BCUT2D eigenvalue weighted by Crippen LogP contribution is 2.26. The summed E-state index contributed by atoms with van der Waals surface area (Å²) in [6.45, 7) is 0. The smallest absolute Gasteiger partial charge is 0.308 e. The van der Waals surface area contributed by atoms with Crippen molar-refractivity contribution in [2.75, 3.05) is 7.11 Å². The number of carbonyl (C=O) groups excluding carboxylic acids is 1. The van der Waals surface area contributed by atoms with Gasteiger partial charge in [0.25, 0.3) is 0 Å². The first kappa shape index (κ1) is 11.6. The van der Waals surface area contributed by atoms with Crippen LogP contribution < -0.4 is 0 Å². The van der Waals surface area contributed by atoms with E-state index in [2.05, 4.69) is 9.72 Å². The maximum absolute atomic E-state index is 11.1. The molecule has 0 aliphatic heterocycles. The third-order valence-corrected chi connectivity index (χ3v) is 2.71. The van der Waals surface area contributed by atoms with Gasteiger partial charge in [-0.2, -0.15) is 0 Å². The first-order valence-corrected chi connectivity index (χ1v) is 5.28. The van der Waals surface area contributed by atoms with Crippen LogP contribution in [0.4, 0.5) is 0 Å². The number of hydrogen-bond donors (Lipinski definition) is 1. The molecule has 2 rings (SSSR count). The monoisotopic (exact) mass is 234 g/mol. The number of ether oxygens (including phenoxy) is 1. The third kappa shape index (κ3) is 2.14. The van der Waals surface area contributed by atoms with Crippen LogP contribution in [0.25, 0.3) is 11.0 Å². The van der Waals surface area contributed by atoms with Gasteiger partial charge in [0.05, 0.1) is 19.6 Å². The minimum Gasteiger partial charge on any atom is -0.469 e. The Balaban J connectivity index is 2.38. The van der Waals surface area contributed by atoms with Crippen LogP contribution in [-0.4, -0.2) is 27.7 Å². The number of nitrogens with zero attached hydrogens (tertiary/aromatic N) is 2. The lowest BCUT2D eigenvalue weighted by molar-refractivity contribution is -0.142. The number of carbonyl (C=O) groups is 1. The number of rotatable bonds is 3. The molecule has 0 saturated heterocycles. The van der Waals surface area contributed by atoms with Crippen molar-refractivity contribution in [2.24, 2.45) is 7.05 Å². The van der Waals surface area contributed by atoms with Crippen molar-refractivity contribution in [3.05, 3.63) is 30.1 Å². The van der Waals surface area contributed by atoms with E-state index in [1.165, 1.54) is 7.11 Å². The van der Waals surface area contributed by atoms with E-state index in [0.717, 1.165) is 11.0 Å². The van der Waals surface area contributed by atoms with E-state index in [9.17, 15) is 9.90 Å². The van der Waals surface area contributed by atoms with E-state index < -0.39 is 12.1 Å². The second-order valence-electron chi connectivity index (χ2n) is 3.87.